The summed E-state index contributed by atoms with van der Waals surface area (Å²) < 4.78 is 6.84. The summed E-state index contributed by atoms with van der Waals surface area (Å²) in [5, 5.41) is 9.45. The van der Waals surface area contributed by atoms with E-state index in [-0.39, 0.29) is 12.1 Å². The van der Waals surface area contributed by atoms with Crippen LogP contribution >= 0.6 is 0 Å². The first kappa shape index (κ1) is 18.9. The summed E-state index contributed by atoms with van der Waals surface area (Å²) in [6.45, 7) is 2.48. The summed E-state index contributed by atoms with van der Waals surface area (Å²) in [7, 11) is 0. The second kappa shape index (κ2) is 7.31. The Hall–Kier alpha value is -4.08. The van der Waals surface area contributed by atoms with Crippen LogP contribution in [-0.4, -0.2) is 44.9 Å². The van der Waals surface area contributed by atoms with Crippen molar-refractivity contribution in [1.29, 1.82) is 0 Å². The molecule has 156 valence electrons. The Balaban J connectivity index is 1.40. The highest BCUT2D eigenvalue weighted by molar-refractivity contribution is 6.25. The van der Waals surface area contributed by atoms with Crippen LogP contribution in [0.1, 0.15) is 12.6 Å². The number of imide groups is 1. The molecule has 0 aliphatic carbocycles. The molecule has 0 saturated carbocycles. The molecule has 2 aliphatic rings. The first-order chi connectivity index (χ1) is 15.1. The van der Waals surface area contributed by atoms with Crippen molar-refractivity contribution in [3.8, 4) is 5.75 Å². The van der Waals surface area contributed by atoms with E-state index in [0.717, 1.165) is 4.90 Å². The summed E-state index contributed by atoms with van der Waals surface area (Å²) in [6.07, 6.45) is 1.63. The van der Waals surface area contributed by atoms with E-state index in [4.69, 9.17) is 4.74 Å². The zero-order valence-electron chi connectivity index (χ0n) is 16.6. The minimum Gasteiger partial charge on any atom is -0.494 e. The van der Waals surface area contributed by atoms with Crippen LogP contribution in [0.15, 0.2) is 69.9 Å². The van der Waals surface area contributed by atoms with E-state index < -0.39 is 23.9 Å². The molecule has 0 radical (unpaired) electrons. The lowest BCUT2D eigenvalue weighted by molar-refractivity contribution is -0.123. The van der Waals surface area contributed by atoms with Crippen molar-refractivity contribution in [1.82, 2.24) is 14.4 Å². The van der Waals surface area contributed by atoms with E-state index in [0.29, 0.717) is 29.4 Å². The molecule has 0 unspecified atom stereocenters. The standard InChI is InChI=1S/C21H18N6O4/c1-2-31-15-8-6-14(7-9-15)27-20(29)18-19(21(27)30)26(24-23-18)12-13-11-17(28)25-10-4-3-5-16(25)22-13/h3-11,18-19H,2,12H2,1H3/t18-,19+/m0/s1. The van der Waals surface area contributed by atoms with Gasteiger partial charge in [0.2, 0.25) is 0 Å². The summed E-state index contributed by atoms with van der Waals surface area (Å²) in [4.78, 5) is 43.9. The van der Waals surface area contributed by atoms with Gasteiger partial charge in [-0.25, -0.2) is 9.88 Å². The minimum absolute atomic E-state index is 0.0848. The highest BCUT2D eigenvalue weighted by Gasteiger charge is 2.54. The van der Waals surface area contributed by atoms with Crippen LogP contribution in [-0.2, 0) is 16.1 Å². The molecule has 2 aliphatic heterocycles. The lowest BCUT2D eigenvalue weighted by Gasteiger charge is -2.20. The molecule has 4 heterocycles. The third-order valence-corrected chi connectivity index (χ3v) is 5.21. The quantitative estimate of drug-likeness (QED) is 0.582. The summed E-state index contributed by atoms with van der Waals surface area (Å²) >= 11 is 0. The molecule has 31 heavy (non-hydrogen) atoms. The van der Waals surface area contributed by atoms with Crippen molar-refractivity contribution in [2.24, 2.45) is 10.3 Å². The van der Waals surface area contributed by atoms with Gasteiger partial charge in [-0.15, -0.1) is 0 Å². The highest BCUT2D eigenvalue weighted by Crippen LogP contribution is 2.33. The van der Waals surface area contributed by atoms with Gasteiger partial charge in [0.1, 0.15) is 11.4 Å². The van der Waals surface area contributed by atoms with E-state index >= 15 is 0 Å². The molecule has 10 nitrogen and oxygen atoms in total. The van der Waals surface area contributed by atoms with E-state index in [1.807, 2.05) is 6.92 Å². The first-order valence-electron chi connectivity index (χ1n) is 9.82. The van der Waals surface area contributed by atoms with Gasteiger partial charge in [-0.2, -0.15) is 5.11 Å². The van der Waals surface area contributed by atoms with Gasteiger partial charge in [-0.05, 0) is 43.3 Å². The smallest absolute Gasteiger partial charge is 0.263 e. The van der Waals surface area contributed by atoms with Crippen molar-refractivity contribution < 1.29 is 14.3 Å². The summed E-state index contributed by atoms with van der Waals surface area (Å²) in [5.74, 6) is -0.195. The maximum Gasteiger partial charge on any atom is 0.263 e. The predicted octanol–water partition coefficient (Wildman–Crippen LogP) is 1.59. The van der Waals surface area contributed by atoms with Gasteiger partial charge >= 0.3 is 0 Å². The fourth-order valence-electron chi connectivity index (χ4n) is 3.82. The molecule has 0 N–H and O–H groups in total. The second-order valence-corrected chi connectivity index (χ2v) is 7.15. The molecule has 0 bridgehead atoms. The molecule has 1 saturated heterocycles. The maximum absolute atomic E-state index is 13.1. The van der Waals surface area contributed by atoms with E-state index in [1.54, 1.807) is 48.7 Å². The van der Waals surface area contributed by atoms with Crippen molar-refractivity contribution in [2.45, 2.75) is 25.6 Å². The molecule has 2 atom stereocenters. The second-order valence-electron chi connectivity index (χ2n) is 7.15. The third kappa shape index (κ3) is 3.12. The summed E-state index contributed by atoms with van der Waals surface area (Å²) in [5.41, 5.74) is 1.14. The number of benzene rings is 1. The number of amides is 2. The number of aromatic nitrogens is 2. The Morgan fingerprint density at radius 2 is 1.84 bits per heavy atom. The third-order valence-electron chi connectivity index (χ3n) is 5.21. The monoisotopic (exact) mass is 418 g/mol. The molecule has 1 fully saturated rings. The van der Waals surface area contributed by atoms with E-state index in [9.17, 15) is 14.4 Å². The fraction of sp³-hybridized carbons (Fsp3) is 0.238. The fourth-order valence-corrected chi connectivity index (χ4v) is 3.82. The molecule has 2 amide bonds. The van der Waals surface area contributed by atoms with Gasteiger partial charge in [0.25, 0.3) is 17.4 Å². The Labute approximate surface area is 176 Å². The lowest BCUT2D eigenvalue weighted by Crippen LogP contribution is -2.39. The molecule has 1 aromatic carbocycles. The molecular weight excluding hydrogens is 400 g/mol. The number of fused-ring (bicyclic) bond motifs is 2. The van der Waals surface area contributed by atoms with Crippen LogP contribution in [0.5, 0.6) is 5.75 Å². The maximum atomic E-state index is 13.1. The van der Waals surface area contributed by atoms with Crippen molar-refractivity contribution >= 4 is 23.1 Å². The van der Waals surface area contributed by atoms with Crippen LogP contribution < -0.4 is 15.2 Å². The zero-order chi connectivity index (χ0) is 21.5. The molecule has 0 spiro atoms. The van der Waals surface area contributed by atoms with Gasteiger partial charge in [0.15, 0.2) is 12.1 Å². The normalized spacial score (nSPS) is 20.0. The lowest BCUT2D eigenvalue weighted by atomic mass is 10.1. The predicted molar refractivity (Wildman–Crippen MR) is 110 cm³/mol. The number of hydrogen-bond donors (Lipinski definition) is 0. The average molecular weight is 418 g/mol. The molecule has 10 heteroatoms. The van der Waals surface area contributed by atoms with Gasteiger partial charge in [-0.3, -0.25) is 23.8 Å². The number of ether oxygens (including phenoxy) is 1. The van der Waals surface area contributed by atoms with Crippen LogP contribution in [0, 0.1) is 0 Å². The number of carbonyl (C=O) groups excluding carboxylic acids is 2. The van der Waals surface area contributed by atoms with E-state index in [2.05, 4.69) is 15.3 Å². The van der Waals surface area contributed by atoms with Crippen LogP contribution in [0.4, 0.5) is 5.69 Å². The number of hydrogen-bond acceptors (Lipinski definition) is 8. The Morgan fingerprint density at radius 1 is 1.03 bits per heavy atom. The SMILES string of the molecule is CCOc1ccc(N2C(=O)[C@H]3N=NN(Cc4cc(=O)n5ccccc5n4)[C@H]3C2=O)cc1. The molecular formula is C21H18N6O4. The Bertz CT molecular complexity index is 1270. The number of rotatable bonds is 5. The zero-order valence-corrected chi connectivity index (χ0v) is 16.6. The van der Waals surface area contributed by atoms with Gasteiger partial charge in [-0.1, -0.05) is 11.3 Å². The highest BCUT2D eigenvalue weighted by atomic mass is 16.5. The van der Waals surface area contributed by atoms with Gasteiger partial charge < -0.3 is 4.74 Å². The minimum atomic E-state index is -0.916. The van der Waals surface area contributed by atoms with Crippen molar-refractivity contribution in [3.05, 3.63) is 70.8 Å². The van der Waals surface area contributed by atoms with Crippen LogP contribution in [0.2, 0.25) is 0 Å². The number of nitrogens with zero attached hydrogens (tertiary/aromatic N) is 6. The summed E-state index contributed by atoms with van der Waals surface area (Å²) in [6, 6.07) is 11.6. The Kier molecular flexibility index (Phi) is 4.46. The Morgan fingerprint density at radius 3 is 2.61 bits per heavy atom. The number of carbonyl (C=O) groups is 2. The van der Waals surface area contributed by atoms with Gasteiger partial charge in [0, 0.05) is 12.3 Å². The van der Waals surface area contributed by atoms with Crippen molar-refractivity contribution in [3.63, 3.8) is 0 Å². The number of anilines is 1. The topological polar surface area (TPSA) is 109 Å². The molecule has 3 aromatic rings. The number of pyridine rings is 1. The average Bonchev–Trinajstić information content (AvgIpc) is 3.29. The van der Waals surface area contributed by atoms with Crippen molar-refractivity contribution in [2.75, 3.05) is 11.5 Å². The molecule has 2 aromatic heterocycles. The molecule has 5 rings (SSSR count). The van der Waals surface area contributed by atoms with Gasteiger partial charge in [0.05, 0.1) is 24.5 Å². The van der Waals surface area contributed by atoms with E-state index in [1.165, 1.54) is 15.5 Å². The first-order valence-corrected chi connectivity index (χ1v) is 9.82. The van der Waals surface area contributed by atoms with Crippen LogP contribution in [0.25, 0.3) is 5.65 Å². The van der Waals surface area contributed by atoms with Crippen LogP contribution in [0.3, 0.4) is 0 Å². The largest absolute Gasteiger partial charge is 0.494 e.